The summed E-state index contributed by atoms with van der Waals surface area (Å²) in [5.41, 5.74) is 0. The minimum atomic E-state index is -0.443. The maximum Gasteiger partial charge on any atom is 0.237 e. The molecule has 0 radical (unpaired) electrons. The Morgan fingerprint density at radius 3 is 2.38 bits per heavy atom. The molecule has 0 spiro atoms. The molecule has 0 aliphatic rings. The smallest absolute Gasteiger partial charge is 0.237 e. The normalized spacial score (nSPS) is 15.5. The van der Waals surface area contributed by atoms with Crippen molar-refractivity contribution in [3.8, 4) is 0 Å². The number of amides is 1. The highest BCUT2D eigenvalue weighted by molar-refractivity contribution is 6.30. The summed E-state index contributed by atoms with van der Waals surface area (Å²) in [6, 6.07) is 0.191. The van der Waals surface area contributed by atoms with Gasteiger partial charge in [-0.25, -0.2) is 0 Å². The number of alkyl halides is 1. The van der Waals surface area contributed by atoms with Gasteiger partial charge in [-0.3, -0.25) is 4.79 Å². The molecular formula is C9H19ClN2O. The summed E-state index contributed by atoms with van der Waals surface area (Å²) < 4.78 is 0. The Kier molecular flexibility index (Phi) is 6.08. The van der Waals surface area contributed by atoms with Crippen LogP contribution < -0.4 is 5.32 Å². The number of carbonyl (C=O) groups is 1. The van der Waals surface area contributed by atoms with Gasteiger partial charge in [-0.05, 0) is 40.9 Å². The molecule has 0 aromatic heterocycles. The second-order valence-corrected chi connectivity index (χ2v) is 4.27. The fraction of sp³-hybridized carbons (Fsp3) is 0.889. The third-order valence-electron chi connectivity index (χ3n) is 1.76. The maximum absolute atomic E-state index is 11.1. The van der Waals surface area contributed by atoms with E-state index in [0.29, 0.717) is 0 Å². The van der Waals surface area contributed by atoms with Gasteiger partial charge in [0.05, 0.1) is 0 Å². The van der Waals surface area contributed by atoms with Crippen LogP contribution in [0, 0.1) is 0 Å². The van der Waals surface area contributed by atoms with Crippen LogP contribution in [0.1, 0.15) is 20.3 Å². The first-order valence-corrected chi connectivity index (χ1v) is 4.96. The molecule has 0 heterocycles. The molecule has 0 saturated heterocycles. The van der Waals surface area contributed by atoms with Gasteiger partial charge in [-0.2, -0.15) is 0 Å². The lowest BCUT2D eigenvalue weighted by atomic mass is 10.2. The van der Waals surface area contributed by atoms with Crippen molar-refractivity contribution in [3.05, 3.63) is 0 Å². The van der Waals surface area contributed by atoms with Gasteiger partial charge < -0.3 is 10.2 Å². The van der Waals surface area contributed by atoms with Crippen molar-refractivity contribution in [1.29, 1.82) is 0 Å². The van der Waals surface area contributed by atoms with Crippen molar-refractivity contribution in [2.75, 3.05) is 20.6 Å². The molecule has 2 atom stereocenters. The zero-order chi connectivity index (χ0) is 10.4. The lowest BCUT2D eigenvalue weighted by Crippen LogP contribution is -2.38. The van der Waals surface area contributed by atoms with E-state index in [9.17, 15) is 4.79 Å². The maximum atomic E-state index is 11.1. The Balaban J connectivity index is 3.62. The van der Waals surface area contributed by atoms with Gasteiger partial charge in [0.1, 0.15) is 5.38 Å². The fourth-order valence-corrected chi connectivity index (χ4v) is 0.945. The third kappa shape index (κ3) is 6.84. The highest BCUT2D eigenvalue weighted by Crippen LogP contribution is 1.97. The predicted octanol–water partition coefficient (Wildman–Crippen LogP) is 1.07. The van der Waals surface area contributed by atoms with E-state index in [1.54, 1.807) is 6.92 Å². The standard InChI is InChI=1S/C9H19ClN2O/c1-7(5-6-12(3)4)11-9(13)8(2)10/h7-8H,5-6H2,1-4H3,(H,11,13). The number of rotatable bonds is 5. The molecule has 4 heteroatoms. The number of nitrogens with one attached hydrogen (secondary N) is 1. The molecule has 1 N–H and O–H groups in total. The van der Waals surface area contributed by atoms with Gasteiger partial charge in [-0.15, -0.1) is 11.6 Å². The van der Waals surface area contributed by atoms with Crippen LogP contribution in [0.2, 0.25) is 0 Å². The molecule has 0 rings (SSSR count). The van der Waals surface area contributed by atoms with Gasteiger partial charge in [0, 0.05) is 6.04 Å². The van der Waals surface area contributed by atoms with Crippen molar-refractivity contribution >= 4 is 17.5 Å². The van der Waals surface area contributed by atoms with E-state index in [0.717, 1.165) is 13.0 Å². The number of hydrogen-bond acceptors (Lipinski definition) is 2. The topological polar surface area (TPSA) is 32.3 Å². The molecule has 2 unspecified atom stereocenters. The quantitative estimate of drug-likeness (QED) is 0.683. The SMILES string of the molecule is CC(CCN(C)C)NC(=O)C(C)Cl. The van der Waals surface area contributed by atoms with E-state index in [2.05, 4.69) is 10.2 Å². The average Bonchev–Trinajstić information content (AvgIpc) is 2.00. The molecule has 0 aromatic carbocycles. The van der Waals surface area contributed by atoms with Gasteiger partial charge in [0.15, 0.2) is 0 Å². The lowest BCUT2D eigenvalue weighted by Gasteiger charge is -2.17. The monoisotopic (exact) mass is 206 g/mol. The third-order valence-corrected chi connectivity index (χ3v) is 1.96. The van der Waals surface area contributed by atoms with Crippen LogP contribution in [0.3, 0.4) is 0 Å². The predicted molar refractivity (Wildman–Crippen MR) is 56.1 cm³/mol. The molecule has 0 aliphatic heterocycles. The van der Waals surface area contributed by atoms with Gasteiger partial charge in [-0.1, -0.05) is 0 Å². The summed E-state index contributed by atoms with van der Waals surface area (Å²) in [5, 5.41) is 2.39. The number of carbonyl (C=O) groups excluding carboxylic acids is 1. The van der Waals surface area contributed by atoms with Gasteiger partial charge in [0.25, 0.3) is 0 Å². The molecular weight excluding hydrogens is 188 g/mol. The summed E-state index contributed by atoms with van der Waals surface area (Å²) in [4.78, 5) is 13.2. The molecule has 0 aromatic rings. The van der Waals surface area contributed by atoms with Crippen LogP contribution in [0.15, 0.2) is 0 Å². The van der Waals surface area contributed by atoms with Crippen LogP contribution in [0.4, 0.5) is 0 Å². The fourth-order valence-electron chi connectivity index (χ4n) is 0.882. The molecule has 0 aliphatic carbocycles. The van der Waals surface area contributed by atoms with E-state index in [1.165, 1.54) is 0 Å². The first-order valence-electron chi connectivity index (χ1n) is 4.52. The minimum absolute atomic E-state index is 0.0899. The Morgan fingerprint density at radius 2 is 2.00 bits per heavy atom. The Morgan fingerprint density at radius 1 is 1.46 bits per heavy atom. The second kappa shape index (κ2) is 6.22. The highest BCUT2D eigenvalue weighted by atomic mass is 35.5. The highest BCUT2D eigenvalue weighted by Gasteiger charge is 2.11. The van der Waals surface area contributed by atoms with E-state index in [-0.39, 0.29) is 11.9 Å². The largest absolute Gasteiger partial charge is 0.352 e. The van der Waals surface area contributed by atoms with Crippen molar-refractivity contribution in [2.24, 2.45) is 0 Å². The van der Waals surface area contributed by atoms with Crippen LogP contribution in [-0.4, -0.2) is 42.9 Å². The van der Waals surface area contributed by atoms with Crippen molar-refractivity contribution in [2.45, 2.75) is 31.7 Å². The lowest BCUT2D eigenvalue weighted by molar-refractivity contribution is -0.121. The van der Waals surface area contributed by atoms with Crippen LogP contribution in [0.25, 0.3) is 0 Å². The molecule has 0 bridgehead atoms. The Bertz CT molecular complexity index is 160. The summed E-state index contributed by atoms with van der Waals surface area (Å²) in [6.45, 7) is 4.63. The van der Waals surface area contributed by atoms with Crippen molar-refractivity contribution < 1.29 is 4.79 Å². The molecule has 0 fully saturated rings. The van der Waals surface area contributed by atoms with Crippen LogP contribution >= 0.6 is 11.6 Å². The van der Waals surface area contributed by atoms with Crippen LogP contribution in [-0.2, 0) is 4.79 Å². The second-order valence-electron chi connectivity index (χ2n) is 3.62. The van der Waals surface area contributed by atoms with E-state index < -0.39 is 5.38 Å². The van der Waals surface area contributed by atoms with Gasteiger partial charge >= 0.3 is 0 Å². The van der Waals surface area contributed by atoms with Crippen molar-refractivity contribution in [1.82, 2.24) is 10.2 Å². The average molecular weight is 207 g/mol. The molecule has 0 saturated carbocycles. The van der Waals surface area contributed by atoms with E-state index >= 15 is 0 Å². The first-order chi connectivity index (χ1) is 5.93. The first kappa shape index (κ1) is 12.7. The molecule has 1 amide bonds. The summed E-state index contributed by atoms with van der Waals surface area (Å²) in [5.74, 6) is -0.0899. The molecule has 13 heavy (non-hydrogen) atoms. The molecule has 3 nitrogen and oxygen atoms in total. The number of hydrogen-bond donors (Lipinski definition) is 1. The van der Waals surface area contributed by atoms with E-state index in [4.69, 9.17) is 11.6 Å². The minimum Gasteiger partial charge on any atom is -0.352 e. The number of nitrogens with zero attached hydrogens (tertiary/aromatic N) is 1. The summed E-state index contributed by atoms with van der Waals surface area (Å²) in [6.07, 6.45) is 0.947. The summed E-state index contributed by atoms with van der Waals surface area (Å²) >= 11 is 5.61. The summed E-state index contributed by atoms with van der Waals surface area (Å²) in [7, 11) is 4.03. The van der Waals surface area contributed by atoms with E-state index in [1.807, 2.05) is 21.0 Å². The van der Waals surface area contributed by atoms with Crippen molar-refractivity contribution in [3.63, 3.8) is 0 Å². The van der Waals surface area contributed by atoms with Gasteiger partial charge in [0.2, 0.25) is 5.91 Å². The zero-order valence-electron chi connectivity index (χ0n) is 8.80. The Hall–Kier alpha value is -0.280. The number of halogens is 1. The Labute approximate surface area is 85.4 Å². The van der Waals surface area contributed by atoms with Crippen LogP contribution in [0.5, 0.6) is 0 Å². The zero-order valence-corrected chi connectivity index (χ0v) is 9.56. The molecule has 78 valence electrons.